The molecule has 8 nitrogen and oxygen atoms in total. The van der Waals surface area contributed by atoms with Gasteiger partial charge in [-0.3, -0.25) is 14.5 Å². The second-order valence-corrected chi connectivity index (χ2v) is 7.62. The third-order valence-corrected chi connectivity index (χ3v) is 5.75. The third-order valence-electron chi connectivity index (χ3n) is 5.75. The highest BCUT2D eigenvalue weighted by Crippen LogP contribution is 2.36. The van der Waals surface area contributed by atoms with Crippen LogP contribution in [-0.4, -0.2) is 54.1 Å². The van der Waals surface area contributed by atoms with E-state index in [2.05, 4.69) is 4.98 Å². The molecule has 1 aromatic heterocycles. The number of fused-ring (bicyclic) bond motifs is 1. The molecule has 30 heavy (non-hydrogen) atoms. The quantitative estimate of drug-likeness (QED) is 0.726. The SMILES string of the molecule is COCC(=O)N1CCC[C@@H]1c1nc(C)c2c(n1)N(Cc1ccccc1OC)C(=O)C2. The van der Waals surface area contributed by atoms with Crippen molar-refractivity contribution in [1.29, 1.82) is 0 Å². The Balaban J connectivity index is 1.68. The van der Waals surface area contributed by atoms with E-state index in [1.54, 1.807) is 16.9 Å². The van der Waals surface area contributed by atoms with Gasteiger partial charge in [0.05, 0.1) is 26.1 Å². The predicted octanol–water partition coefficient (Wildman–Crippen LogP) is 2.19. The van der Waals surface area contributed by atoms with Gasteiger partial charge in [-0.25, -0.2) is 9.97 Å². The Labute approximate surface area is 175 Å². The molecule has 0 N–H and O–H groups in total. The van der Waals surface area contributed by atoms with Gasteiger partial charge in [0.25, 0.3) is 0 Å². The van der Waals surface area contributed by atoms with Gasteiger partial charge in [0.2, 0.25) is 11.8 Å². The van der Waals surface area contributed by atoms with Gasteiger partial charge in [0.15, 0.2) is 5.82 Å². The van der Waals surface area contributed by atoms with Crippen molar-refractivity contribution in [1.82, 2.24) is 14.9 Å². The van der Waals surface area contributed by atoms with Crippen LogP contribution in [-0.2, 0) is 27.3 Å². The molecule has 2 amide bonds. The maximum Gasteiger partial charge on any atom is 0.249 e. The number of nitrogens with zero attached hydrogens (tertiary/aromatic N) is 4. The Hall–Kier alpha value is -3.00. The van der Waals surface area contributed by atoms with Gasteiger partial charge in [0, 0.05) is 30.5 Å². The van der Waals surface area contributed by atoms with Crippen LogP contribution in [0.25, 0.3) is 0 Å². The van der Waals surface area contributed by atoms with Gasteiger partial charge in [-0.05, 0) is 25.8 Å². The standard InChI is InChI=1S/C22H26N4O4/c1-14-16-11-19(27)26(12-15-7-4-5-9-18(15)30-3)22(16)24-21(23-14)17-8-6-10-25(17)20(28)13-29-2/h4-5,7,9,17H,6,8,10-13H2,1-3H3/t17-/m1/s1. The van der Waals surface area contributed by atoms with Crippen LogP contribution in [0.1, 0.15) is 41.5 Å². The van der Waals surface area contributed by atoms with Gasteiger partial charge in [-0.1, -0.05) is 18.2 Å². The molecule has 158 valence electrons. The number of ether oxygens (including phenoxy) is 2. The average molecular weight is 410 g/mol. The zero-order valence-corrected chi connectivity index (χ0v) is 17.6. The summed E-state index contributed by atoms with van der Waals surface area (Å²) in [5.74, 6) is 1.89. The molecule has 2 aliphatic heterocycles. The summed E-state index contributed by atoms with van der Waals surface area (Å²) in [7, 11) is 3.13. The van der Waals surface area contributed by atoms with Gasteiger partial charge in [0.1, 0.15) is 18.2 Å². The van der Waals surface area contributed by atoms with Crippen LogP contribution in [0.4, 0.5) is 5.82 Å². The van der Waals surface area contributed by atoms with Crippen molar-refractivity contribution in [2.45, 2.75) is 38.8 Å². The number of methoxy groups -OCH3 is 2. The summed E-state index contributed by atoms with van der Waals surface area (Å²) in [4.78, 5) is 38.2. The van der Waals surface area contributed by atoms with Gasteiger partial charge >= 0.3 is 0 Å². The molecule has 0 aliphatic carbocycles. The van der Waals surface area contributed by atoms with Crippen LogP contribution >= 0.6 is 0 Å². The van der Waals surface area contributed by atoms with Gasteiger partial charge < -0.3 is 14.4 Å². The topological polar surface area (TPSA) is 84.9 Å². The largest absolute Gasteiger partial charge is 0.496 e. The van der Waals surface area contributed by atoms with E-state index in [0.717, 1.165) is 35.4 Å². The van der Waals surface area contributed by atoms with Crippen LogP contribution in [0, 0.1) is 6.92 Å². The molecule has 0 bridgehead atoms. The van der Waals surface area contributed by atoms with Crippen LogP contribution < -0.4 is 9.64 Å². The first-order valence-electron chi connectivity index (χ1n) is 10.1. The van der Waals surface area contributed by atoms with E-state index in [9.17, 15) is 9.59 Å². The molecule has 0 radical (unpaired) electrons. The summed E-state index contributed by atoms with van der Waals surface area (Å²) in [5, 5.41) is 0. The van der Waals surface area contributed by atoms with E-state index in [-0.39, 0.29) is 30.9 Å². The van der Waals surface area contributed by atoms with Crippen molar-refractivity contribution in [3.05, 3.63) is 46.9 Å². The molecule has 1 aromatic carbocycles. The number of aromatic nitrogens is 2. The molecule has 1 saturated heterocycles. The highest BCUT2D eigenvalue weighted by molar-refractivity contribution is 6.00. The number of likely N-dealkylation sites (tertiary alicyclic amines) is 1. The minimum atomic E-state index is -0.194. The highest BCUT2D eigenvalue weighted by Gasteiger charge is 2.36. The predicted molar refractivity (Wildman–Crippen MR) is 110 cm³/mol. The number of benzene rings is 1. The summed E-state index contributed by atoms with van der Waals surface area (Å²) >= 11 is 0. The van der Waals surface area contributed by atoms with E-state index in [0.29, 0.717) is 24.7 Å². The van der Waals surface area contributed by atoms with Crippen molar-refractivity contribution in [2.75, 3.05) is 32.3 Å². The molecule has 2 aliphatic rings. The molecule has 2 aromatic rings. The lowest BCUT2D eigenvalue weighted by atomic mass is 10.1. The second-order valence-electron chi connectivity index (χ2n) is 7.62. The van der Waals surface area contributed by atoms with Crippen LogP contribution in [0.15, 0.2) is 24.3 Å². The van der Waals surface area contributed by atoms with E-state index in [1.807, 2.05) is 31.2 Å². The fourth-order valence-corrected chi connectivity index (χ4v) is 4.25. The normalized spacial score (nSPS) is 18.1. The Bertz CT molecular complexity index is 978. The van der Waals surface area contributed by atoms with E-state index in [4.69, 9.17) is 14.5 Å². The van der Waals surface area contributed by atoms with Crippen molar-refractivity contribution in [3.63, 3.8) is 0 Å². The number of hydrogen-bond donors (Lipinski definition) is 0. The summed E-state index contributed by atoms with van der Waals surface area (Å²) in [6.07, 6.45) is 1.98. The molecule has 8 heteroatoms. The van der Waals surface area contributed by atoms with Crippen molar-refractivity contribution in [2.24, 2.45) is 0 Å². The lowest BCUT2D eigenvalue weighted by Gasteiger charge is -2.25. The molecule has 1 atom stereocenters. The molecule has 0 unspecified atom stereocenters. The number of carbonyl (C=O) groups excluding carboxylic acids is 2. The van der Waals surface area contributed by atoms with Crippen molar-refractivity contribution >= 4 is 17.6 Å². The highest BCUT2D eigenvalue weighted by atomic mass is 16.5. The number of aryl methyl sites for hydroxylation is 1. The number of anilines is 1. The lowest BCUT2D eigenvalue weighted by Crippen LogP contribution is -2.34. The van der Waals surface area contributed by atoms with Crippen LogP contribution in [0.3, 0.4) is 0 Å². The lowest BCUT2D eigenvalue weighted by molar-refractivity contribution is -0.136. The maximum atomic E-state index is 12.8. The maximum absolute atomic E-state index is 12.8. The first-order valence-corrected chi connectivity index (χ1v) is 10.1. The zero-order valence-electron chi connectivity index (χ0n) is 17.6. The van der Waals surface area contributed by atoms with Crippen molar-refractivity contribution < 1.29 is 19.1 Å². The Morgan fingerprint density at radius 1 is 1.23 bits per heavy atom. The minimum Gasteiger partial charge on any atom is -0.496 e. The molecular formula is C22H26N4O4. The van der Waals surface area contributed by atoms with E-state index in [1.165, 1.54) is 7.11 Å². The van der Waals surface area contributed by atoms with E-state index >= 15 is 0 Å². The smallest absolute Gasteiger partial charge is 0.249 e. The van der Waals surface area contributed by atoms with Gasteiger partial charge in [-0.2, -0.15) is 0 Å². The number of rotatable bonds is 6. The number of amides is 2. The first-order chi connectivity index (χ1) is 14.5. The first kappa shape index (κ1) is 20.3. The summed E-state index contributed by atoms with van der Waals surface area (Å²) in [5.41, 5.74) is 2.56. The molecular weight excluding hydrogens is 384 g/mol. The van der Waals surface area contributed by atoms with Crippen LogP contribution in [0.5, 0.6) is 5.75 Å². The summed E-state index contributed by atoms with van der Waals surface area (Å²) in [6.45, 7) is 2.98. The van der Waals surface area contributed by atoms with Crippen LogP contribution in [0.2, 0.25) is 0 Å². The summed E-state index contributed by atoms with van der Waals surface area (Å²) < 4.78 is 10.5. The third kappa shape index (κ3) is 3.63. The number of para-hydroxylation sites is 1. The molecule has 4 rings (SSSR count). The Kier molecular flexibility index (Phi) is 5.67. The molecule has 0 spiro atoms. The number of carbonyl (C=O) groups is 2. The molecule has 3 heterocycles. The minimum absolute atomic E-state index is 0.0100. The Morgan fingerprint density at radius 2 is 2.03 bits per heavy atom. The van der Waals surface area contributed by atoms with E-state index < -0.39 is 0 Å². The Morgan fingerprint density at radius 3 is 2.80 bits per heavy atom. The number of hydrogen-bond acceptors (Lipinski definition) is 6. The van der Waals surface area contributed by atoms with Crippen molar-refractivity contribution in [3.8, 4) is 5.75 Å². The molecule has 0 saturated carbocycles. The molecule has 1 fully saturated rings. The average Bonchev–Trinajstić information content (AvgIpc) is 3.35. The fourth-order valence-electron chi connectivity index (χ4n) is 4.25. The second kappa shape index (κ2) is 8.39. The fraction of sp³-hybridized carbons (Fsp3) is 0.455. The summed E-state index contributed by atoms with van der Waals surface area (Å²) in [6, 6.07) is 7.46. The van der Waals surface area contributed by atoms with Gasteiger partial charge in [-0.15, -0.1) is 0 Å². The zero-order chi connectivity index (χ0) is 21.3. The monoisotopic (exact) mass is 410 g/mol.